The minimum absolute atomic E-state index is 0.366. The van der Waals surface area contributed by atoms with E-state index < -0.39 is 0 Å². The molecule has 76 valence electrons. The Bertz CT molecular complexity index is 315. The largest absolute Gasteiger partial charge is 0.465 e. The van der Waals surface area contributed by atoms with Gasteiger partial charge in [-0.25, -0.2) is 4.79 Å². The zero-order valence-corrected chi connectivity index (χ0v) is 8.12. The third-order valence-electron chi connectivity index (χ3n) is 1.95. The number of rotatable bonds is 3. The second kappa shape index (κ2) is 4.74. The normalized spacial score (nSPS) is 9.93. The summed E-state index contributed by atoms with van der Waals surface area (Å²) < 4.78 is 4.61. The molecule has 0 amide bonds. The Morgan fingerprint density at radius 1 is 1.21 bits per heavy atom. The topological polar surface area (TPSA) is 78.3 Å². The summed E-state index contributed by atoms with van der Waals surface area (Å²) in [4.78, 5) is 11.2. The van der Waals surface area contributed by atoms with Crippen molar-refractivity contribution in [3.63, 3.8) is 0 Å². The fourth-order valence-corrected chi connectivity index (χ4v) is 1.23. The van der Waals surface area contributed by atoms with Crippen LogP contribution in [0.15, 0.2) is 18.2 Å². The summed E-state index contributed by atoms with van der Waals surface area (Å²) in [5, 5.41) is 0. The van der Waals surface area contributed by atoms with Crippen molar-refractivity contribution in [3.05, 3.63) is 34.9 Å². The fraction of sp³-hybridized carbons (Fsp3) is 0.300. The van der Waals surface area contributed by atoms with Crippen molar-refractivity contribution in [1.29, 1.82) is 0 Å². The highest BCUT2D eigenvalue weighted by molar-refractivity contribution is 5.89. The van der Waals surface area contributed by atoms with E-state index in [1.165, 1.54) is 7.11 Å². The molecule has 0 aliphatic carbocycles. The van der Waals surface area contributed by atoms with Gasteiger partial charge in [0.15, 0.2) is 0 Å². The molecule has 0 atom stereocenters. The van der Waals surface area contributed by atoms with Crippen LogP contribution in [0, 0.1) is 0 Å². The van der Waals surface area contributed by atoms with Crippen LogP contribution in [0.25, 0.3) is 0 Å². The lowest BCUT2D eigenvalue weighted by atomic mass is 10.1. The summed E-state index contributed by atoms with van der Waals surface area (Å²) in [6, 6.07) is 5.31. The average molecular weight is 194 g/mol. The van der Waals surface area contributed by atoms with Gasteiger partial charge in [0.2, 0.25) is 0 Å². The predicted octanol–water partition coefficient (Wildman–Crippen LogP) is 0.391. The number of methoxy groups -OCH3 is 1. The van der Waals surface area contributed by atoms with Crippen LogP contribution in [0.1, 0.15) is 21.5 Å². The third kappa shape index (κ3) is 2.31. The molecule has 0 unspecified atom stereocenters. The lowest BCUT2D eigenvalue weighted by Gasteiger charge is -2.05. The van der Waals surface area contributed by atoms with Gasteiger partial charge < -0.3 is 16.2 Å². The minimum Gasteiger partial charge on any atom is -0.465 e. The minimum atomic E-state index is -0.366. The van der Waals surface area contributed by atoms with E-state index in [-0.39, 0.29) is 5.97 Å². The maximum absolute atomic E-state index is 11.2. The van der Waals surface area contributed by atoms with Crippen LogP contribution in [-0.2, 0) is 17.8 Å². The lowest BCUT2D eigenvalue weighted by Crippen LogP contribution is -2.07. The quantitative estimate of drug-likeness (QED) is 0.682. The Labute approximate surface area is 82.8 Å². The molecule has 0 saturated carbocycles. The number of carbonyl (C=O) groups excluding carboxylic acids is 1. The second-order valence-corrected chi connectivity index (χ2v) is 2.94. The van der Waals surface area contributed by atoms with E-state index in [0.29, 0.717) is 18.7 Å². The second-order valence-electron chi connectivity index (χ2n) is 2.94. The van der Waals surface area contributed by atoms with Crippen LogP contribution in [0.2, 0.25) is 0 Å². The first-order valence-electron chi connectivity index (χ1n) is 4.32. The summed E-state index contributed by atoms with van der Waals surface area (Å²) in [6.07, 6.45) is 0. The van der Waals surface area contributed by atoms with Gasteiger partial charge in [-0.3, -0.25) is 0 Å². The summed E-state index contributed by atoms with van der Waals surface area (Å²) in [5.41, 5.74) is 13.2. The van der Waals surface area contributed by atoms with Crippen molar-refractivity contribution in [3.8, 4) is 0 Å². The molecule has 0 spiro atoms. The molecule has 0 radical (unpaired) electrons. The molecule has 0 fully saturated rings. The molecule has 0 aliphatic rings. The molecule has 0 aromatic heterocycles. The van der Waals surface area contributed by atoms with Gasteiger partial charge in [-0.2, -0.15) is 0 Å². The molecule has 1 aromatic rings. The number of carbonyl (C=O) groups is 1. The summed E-state index contributed by atoms with van der Waals surface area (Å²) in [6.45, 7) is 0.773. The van der Waals surface area contributed by atoms with Crippen molar-refractivity contribution in [1.82, 2.24) is 0 Å². The van der Waals surface area contributed by atoms with Crippen LogP contribution in [0.4, 0.5) is 0 Å². The van der Waals surface area contributed by atoms with Crippen LogP contribution >= 0.6 is 0 Å². The van der Waals surface area contributed by atoms with Crippen LogP contribution in [0.5, 0.6) is 0 Å². The van der Waals surface area contributed by atoms with E-state index in [9.17, 15) is 4.79 Å². The van der Waals surface area contributed by atoms with Crippen molar-refractivity contribution in [2.24, 2.45) is 11.5 Å². The number of hydrogen-bond acceptors (Lipinski definition) is 4. The van der Waals surface area contributed by atoms with E-state index in [4.69, 9.17) is 11.5 Å². The molecular weight excluding hydrogens is 180 g/mol. The van der Waals surface area contributed by atoms with Crippen LogP contribution in [-0.4, -0.2) is 13.1 Å². The van der Waals surface area contributed by atoms with Gasteiger partial charge in [-0.1, -0.05) is 6.07 Å². The summed E-state index contributed by atoms with van der Waals surface area (Å²) in [7, 11) is 1.35. The zero-order valence-electron chi connectivity index (χ0n) is 8.12. The predicted molar refractivity (Wildman–Crippen MR) is 53.6 cm³/mol. The van der Waals surface area contributed by atoms with Crippen molar-refractivity contribution < 1.29 is 9.53 Å². The van der Waals surface area contributed by atoms with Crippen molar-refractivity contribution in [2.45, 2.75) is 13.1 Å². The first-order valence-corrected chi connectivity index (χ1v) is 4.32. The lowest BCUT2D eigenvalue weighted by molar-refractivity contribution is 0.0600. The molecule has 0 bridgehead atoms. The van der Waals surface area contributed by atoms with E-state index in [1.54, 1.807) is 12.1 Å². The van der Waals surface area contributed by atoms with Gasteiger partial charge in [0, 0.05) is 13.1 Å². The van der Waals surface area contributed by atoms with Crippen LogP contribution < -0.4 is 11.5 Å². The van der Waals surface area contributed by atoms with E-state index in [1.807, 2.05) is 6.07 Å². The molecule has 4 N–H and O–H groups in total. The highest BCUT2D eigenvalue weighted by Crippen LogP contribution is 2.10. The molecular formula is C10H14N2O2. The van der Waals surface area contributed by atoms with Gasteiger partial charge in [0.05, 0.1) is 12.7 Å². The number of hydrogen-bond donors (Lipinski definition) is 2. The van der Waals surface area contributed by atoms with Crippen molar-refractivity contribution in [2.75, 3.05) is 7.11 Å². The smallest absolute Gasteiger partial charge is 0.337 e. The Balaban J connectivity index is 3.10. The Hall–Kier alpha value is -1.39. The number of esters is 1. The molecule has 0 aliphatic heterocycles. The van der Waals surface area contributed by atoms with Crippen LogP contribution in [0.3, 0.4) is 0 Å². The maximum atomic E-state index is 11.2. The first kappa shape index (κ1) is 10.7. The number of benzene rings is 1. The molecule has 1 aromatic carbocycles. The van der Waals surface area contributed by atoms with E-state index >= 15 is 0 Å². The SMILES string of the molecule is COC(=O)c1cc(CN)cc(CN)c1. The average Bonchev–Trinajstić information content (AvgIpc) is 2.27. The maximum Gasteiger partial charge on any atom is 0.337 e. The zero-order chi connectivity index (χ0) is 10.6. The van der Waals surface area contributed by atoms with Gasteiger partial charge in [0.25, 0.3) is 0 Å². The number of ether oxygens (including phenoxy) is 1. The van der Waals surface area contributed by atoms with E-state index in [2.05, 4.69) is 4.74 Å². The Morgan fingerprint density at radius 3 is 2.07 bits per heavy atom. The molecule has 14 heavy (non-hydrogen) atoms. The Kier molecular flexibility index (Phi) is 3.62. The van der Waals surface area contributed by atoms with Gasteiger partial charge in [0.1, 0.15) is 0 Å². The monoisotopic (exact) mass is 194 g/mol. The standard InChI is InChI=1S/C10H14N2O2/c1-14-10(13)9-3-7(5-11)2-8(4-9)6-12/h2-4H,5-6,11-12H2,1H3. The molecule has 0 saturated heterocycles. The molecule has 4 heteroatoms. The first-order chi connectivity index (χ1) is 6.71. The van der Waals surface area contributed by atoms with Crippen molar-refractivity contribution >= 4 is 5.97 Å². The molecule has 1 rings (SSSR count). The van der Waals surface area contributed by atoms with Gasteiger partial charge in [-0.05, 0) is 23.3 Å². The Morgan fingerprint density at radius 2 is 1.71 bits per heavy atom. The highest BCUT2D eigenvalue weighted by atomic mass is 16.5. The van der Waals surface area contributed by atoms with Gasteiger partial charge >= 0.3 is 5.97 Å². The molecule has 4 nitrogen and oxygen atoms in total. The summed E-state index contributed by atoms with van der Waals surface area (Å²) >= 11 is 0. The van der Waals surface area contributed by atoms with E-state index in [0.717, 1.165) is 11.1 Å². The highest BCUT2D eigenvalue weighted by Gasteiger charge is 2.07. The third-order valence-corrected chi connectivity index (χ3v) is 1.95. The van der Waals surface area contributed by atoms with Gasteiger partial charge in [-0.15, -0.1) is 0 Å². The number of nitrogens with two attached hydrogens (primary N) is 2. The summed E-state index contributed by atoms with van der Waals surface area (Å²) in [5.74, 6) is -0.366. The fourth-order valence-electron chi connectivity index (χ4n) is 1.23. The molecule has 0 heterocycles.